The minimum atomic E-state index is -0.174. The molecule has 1 aromatic heterocycles. The lowest BCUT2D eigenvalue weighted by Crippen LogP contribution is -2.25. The number of hydrogen-bond acceptors (Lipinski definition) is 3. The van der Waals surface area contributed by atoms with Crippen LogP contribution in [0.25, 0.3) is 6.08 Å². The van der Waals surface area contributed by atoms with Crippen molar-refractivity contribution in [3.05, 3.63) is 71.6 Å². The first-order valence-corrected chi connectivity index (χ1v) is 8.41. The van der Waals surface area contributed by atoms with E-state index < -0.39 is 0 Å². The molecule has 1 aliphatic carbocycles. The number of nitrogens with one attached hydrogen (secondary N) is 2. The topological polar surface area (TPSA) is 71.1 Å². The van der Waals surface area contributed by atoms with Gasteiger partial charge in [-0.25, -0.2) is 0 Å². The van der Waals surface area contributed by atoms with Crippen molar-refractivity contribution in [3.8, 4) is 0 Å². The van der Waals surface area contributed by atoms with Crippen LogP contribution in [0.1, 0.15) is 47.3 Å². The van der Waals surface area contributed by atoms with Crippen molar-refractivity contribution in [1.82, 2.24) is 15.6 Å². The number of carbonyl (C=O) groups is 2. The van der Waals surface area contributed by atoms with E-state index in [0.717, 1.165) is 24.0 Å². The second-order valence-electron chi connectivity index (χ2n) is 6.22. The van der Waals surface area contributed by atoms with E-state index in [0.29, 0.717) is 11.6 Å². The van der Waals surface area contributed by atoms with Crippen LogP contribution in [-0.4, -0.2) is 22.8 Å². The fourth-order valence-corrected chi connectivity index (χ4v) is 2.39. The summed E-state index contributed by atoms with van der Waals surface area (Å²) < 4.78 is 0. The Hall–Kier alpha value is -2.95. The summed E-state index contributed by atoms with van der Waals surface area (Å²) in [6.07, 6.45) is 8.80. The molecule has 5 nitrogen and oxygen atoms in total. The van der Waals surface area contributed by atoms with E-state index in [1.54, 1.807) is 30.6 Å². The maximum Gasteiger partial charge on any atom is 0.251 e. The van der Waals surface area contributed by atoms with E-state index in [9.17, 15) is 9.59 Å². The molecule has 1 atom stereocenters. The number of nitrogens with zero attached hydrogens (tertiary/aromatic N) is 1. The normalized spacial score (nSPS) is 14.9. The summed E-state index contributed by atoms with van der Waals surface area (Å²) >= 11 is 0. The molecule has 3 rings (SSSR count). The molecule has 0 aliphatic heterocycles. The highest BCUT2D eigenvalue weighted by atomic mass is 16.2. The van der Waals surface area contributed by atoms with Gasteiger partial charge in [0.1, 0.15) is 0 Å². The van der Waals surface area contributed by atoms with E-state index in [4.69, 9.17) is 0 Å². The molecule has 1 aromatic carbocycles. The van der Waals surface area contributed by atoms with Crippen molar-refractivity contribution in [3.63, 3.8) is 0 Å². The number of carbonyl (C=O) groups excluding carboxylic acids is 2. The molecule has 0 radical (unpaired) electrons. The monoisotopic (exact) mass is 335 g/mol. The quantitative estimate of drug-likeness (QED) is 0.798. The molecule has 2 amide bonds. The minimum Gasteiger partial charge on any atom is -0.349 e. The third-order valence-corrected chi connectivity index (χ3v) is 4.06. The first-order chi connectivity index (χ1) is 12.1. The zero-order valence-electron chi connectivity index (χ0n) is 14.1. The Balaban J connectivity index is 1.54. The molecule has 1 fully saturated rings. The van der Waals surface area contributed by atoms with Crippen molar-refractivity contribution in [2.24, 2.45) is 0 Å². The lowest BCUT2D eigenvalue weighted by Gasteiger charge is -2.12. The molecule has 128 valence electrons. The second-order valence-corrected chi connectivity index (χ2v) is 6.22. The Kier molecular flexibility index (Phi) is 5.23. The van der Waals surface area contributed by atoms with Crippen LogP contribution >= 0.6 is 0 Å². The standard InChI is InChI=1S/C20H21N3O2/c1-14(17-3-2-12-21-13-17)22-19(24)11-6-15-4-7-16(8-5-15)20(25)23-18-9-10-18/h2-8,11-14,18H,9-10H2,1H3,(H,22,24)(H,23,25)/b11-6-/t14-/m1/s1. The Labute approximate surface area is 147 Å². The van der Waals surface area contributed by atoms with Crippen LogP contribution in [0.4, 0.5) is 0 Å². The Morgan fingerprint density at radius 2 is 1.96 bits per heavy atom. The van der Waals surface area contributed by atoms with E-state index in [1.165, 1.54) is 6.08 Å². The molecule has 0 unspecified atom stereocenters. The van der Waals surface area contributed by atoms with Crippen LogP contribution in [0.3, 0.4) is 0 Å². The zero-order chi connectivity index (χ0) is 17.6. The molecule has 1 saturated carbocycles. The van der Waals surface area contributed by atoms with Gasteiger partial charge in [0.2, 0.25) is 5.91 Å². The van der Waals surface area contributed by atoms with Crippen molar-refractivity contribution < 1.29 is 9.59 Å². The van der Waals surface area contributed by atoms with Crippen molar-refractivity contribution in [1.29, 1.82) is 0 Å². The van der Waals surface area contributed by atoms with Gasteiger partial charge in [0.05, 0.1) is 6.04 Å². The third-order valence-electron chi connectivity index (χ3n) is 4.06. The Morgan fingerprint density at radius 1 is 1.20 bits per heavy atom. The van der Waals surface area contributed by atoms with Gasteiger partial charge in [-0.15, -0.1) is 0 Å². The van der Waals surface area contributed by atoms with Gasteiger partial charge in [0.25, 0.3) is 5.91 Å². The van der Waals surface area contributed by atoms with Crippen molar-refractivity contribution in [2.75, 3.05) is 0 Å². The summed E-state index contributed by atoms with van der Waals surface area (Å²) in [6, 6.07) is 11.2. The lowest BCUT2D eigenvalue weighted by molar-refractivity contribution is -0.117. The Morgan fingerprint density at radius 3 is 2.60 bits per heavy atom. The van der Waals surface area contributed by atoms with E-state index in [1.807, 2.05) is 31.2 Å². The predicted octanol–water partition coefficient (Wildman–Crippen LogP) is 2.86. The summed E-state index contributed by atoms with van der Waals surface area (Å²) in [6.45, 7) is 1.91. The molecular weight excluding hydrogens is 314 g/mol. The van der Waals surface area contributed by atoms with Gasteiger partial charge >= 0.3 is 0 Å². The van der Waals surface area contributed by atoms with Gasteiger partial charge < -0.3 is 10.6 Å². The molecule has 25 heavy (non-hydrogen) atoms. The maximum atomic E-state index is 12.0. The highest BCUT2D eigenvalue weighted by Crippen LogP contribution is 2.19. The lowest BCUT2D eigenvalue weighted by atomic mass is 10.1. The maximum absolute atomic E-state index is 12.0. The molecular formula is C20H21N3O2. The number of pyridine rings is 1. The fourth-order valence-electron chi connectivity index (χ4n) is 2.39. The van der Waals surface area contributed by atoms with Crippen molar-refractivity contribution in [2.45, 2.75) is 31.8 Å². The van der Waals surface area contributed by atoms with Crippen LogP contribution in [0, 0.1) is 0 Å². The van der Waals surface area contributed by atoms with Crippen LogP contribution in [0.5, 0.6) is 0 Å². The fraction of sp³-hybridized carbons (Fsp3) is 0.250. The average molecular weight is 335 g/mol. The van der Waals surface area contributed by atoms with Gasteiger partial charge in [-0.05, 0) is 55.2 Å². The summed E-state index contributed by atoms with van der Waals surface area (Å²) in [7, 11) is 0. The first kappa shape index (κ1) is 16.9. The van der Waals surface area contributed by atoms with Crippen LogP contribution < -0.4 is 10.6 Å². The molecule has 5 heteroatoms. The summed E-state index contributed by atoms with van der Waals surface area (Å²) in [5.41, 5.74) is 2.46. The van der Waals surface area contributed by atoms with E-state index >= 15 is 0 Å². The van der Waals surface area contributed by atoms with Crippen molar-refractivity contribution >= 4 is 17.9 Å². The number of hydrogen-bond donors (Lipinski definition) is 2. The van der Waals surface area contributed by atoms with E-state index in [2.05, 4.69) is 15.6 Å². The van der Waals surface area contributed by atoms with Gasteiger partial charge in [0, 0.05) is 30.1 Å². The number of aromatic nitrogens is 1. The van der Waals surface area contributed by atoms with Gasteiger partial charge in [-0.3, -0.25) is 14.6 Å². The molecule has 0 spiro atoms. The molecule has 0 bridgehead atoms. The predicted molar refractivity (Wildman–Crippen MR) is 96.8 cm³/mol. The zero-order valence-corrected chi connectivity index (χ0v) is 14.1. The second kappa shape index (κ2) is 7.75. The van der Waals surface area contributed by atoms with Gasteiger partial charge in [-0.1, -0.05) is 18.2 Å². The van der Waals surface area contributed by atoms with Crippen LogP contribution in [0.15, 0.2) is 54.9 Å². The molecule has 2 aromatic rings. The molecule has 0 saturated heterocycles. The minimum absolute atomic E-state index is 0.0407. The summed E-state index contributed by atoms with van der Waals surface area (Å²) in [5, 5.41) is 5.85. The van der Waals surface area contributed by atoms with E-state index in [-0.39, 0.29) is 17.9 Å². The number of benzene rings is 1. The van der Waals surface area contributed by atoms with Crippen LogP contribution in [-0.2, 0) is 4.79 Å². The number of rotatable bonds is 6. The molecule has 1 aliphatic rings. The van der Waals surface area contributed by atoms with Crippen LogP contribution in [0.2, 0.25) is 0 Å². The Bertz CT molecular complexity index is 765. The smallest absolute Gasteiger partial charge is 0.251 e. The third kappa shape index (κ3) is 5.01. The highest BCUT2D eigenvalue weighted by Gasteiger charge is 2.23. The summed E-state index contributed by atoms with van der Waals surface area (Å²) in [5.74, 6) is -0.215. The number of amides is 2. The SMILES string of the molecule is C[C@@H](NC(=O)/C=C\c1ccc(C(=O)NC2CC2)cc1)c1cccnc1. The average Bonchev–Trinajstić information content (AvgIpc) is 3.45. The van der Waals surface area contributed by atoms with Gasteiger partial charge in [-0.2, -0.15) is 0 Å². The first-order valence-electron chi connectivity index (χ1n) is 8.41. The highest BCUT2D eigenvalue weighted by molar-refractivity contribution is 5.95. The summed E-state index contributed by atoms with van der Waals surface area (Å²) in [4.78, 5) is 28.0. The molecule has 2 N–H and O–H groups in total. The van der Waals surface area contributed by atoms with Gasteiger partial charge in [0.15, 0.2) is 0 Å². The molecule has 1 heterocycles. The largest absolute Gasteiger partial charge is 0.349 e.